The molecule has 0 amide bonds. The minimum atomic E-state index is 0.0327. The quantitative estimate of drug-likeness (QED) is 0.857. The van der Waals surface area contributed by atoms with Gasteiger partial charge >= 0.3 is 0 Å². The first-order valence-corrected chi connectivity index (χ1v) is 5.65. The molecule has 0 bridgehead atoms. The largest absolute Gasteiger partial charge is 0.489 e. The molecule has 0 radical (unpaired) electrons. The van der Waals surface area contributed by atoms with Gasteiger partial charge < -0.3 is 9.84 Å². The fourth-order valence-electron chi connectivity index (χ4n) is 1.55. The Morgan fingerprint density at radius 3 is 2.94 bits per heavy atom. The van der Waals surface area contributed by atoms with Gasteiger partial charge in [-0.05, 0) is 24.6 Å². The molecule has 1 aromatic heterocycles. The maximum Gasteiger partial charge on any atom is 0.120 e. The number of hydrogen-bond acceptors (Lipinski definition) is 3. The van der Waals surface area contributed by atoms with E-state index in [4.69, 9.17) is 9.84 Å². The number of ether oxygens (including phenoxy) is 1. The maximum atomic E-state index is 9.01. The Labute approximate surface area is 100 Å². The number of hydrogen-bond donors (Lipinski definition) is 1. The Bertz CT molecular complexity index is 480. The summed E-state index contributed by atoms with van der Waals surface area (Å²) < 4.78 is 7.49. The molecule has 0 saturated heterocycles. The predicted octanol–water partition coefficient (Wildman–Crippen LogP) is 1.97. The molecule has 1 N–H and O–H groups in total. The summed E-state index contributed by atoms with van der Waals surface area (Å²) in [5.74, 6) is 0.765. The maximum absolute atomic E-state index is 9.01. The van der Waals surface area contributed by atoms with Crippen LogP contribution in [0.15, 0.2) is 36.7 Å². The molecule has 0 atom stereocenters. The van der Waals surface area contributed by atoms with E-state index in [0.717, 1.165) is 23.4 Å². The summed E-state index contributed by atoms with van der Waals surface area (Å²) in [6, 6.07) is 7.45. The molecule has 90 valence electrons. The average Bonchev–Trinajstić information content (AvgIpc) is 2.84. The third-order valence-electron chi connectivity index (χ3n) is 2.50. The van der Waals surface area contributed by atoms with Crippen molar-refractivity contribution < 1.29 is 9.84 Å². The third kappa shape index (κ3) is 3.07. The number of benzene rings is 1. The molecule has 1 heterocycles. The van der Waals surface area contributed by atoms with Crippen molar-refractivity contribution in [3.8, 4) is 5.75 Å². The van der Waals surface area contributed by atoms with Crippen molar-refractivity contribution >= 4 is 0 Å². The molecule has 0 spiro atoms. The molecule has 0 fully saturated rings. The molecule has 4 heteroatoms. The van der Waals surface area contributed by atoms with Crippen molar-refractivity contribution in [3.63, 3.8) is 0 Å². The monoisotopic (exact) mass is 232 g/mol. The van der Waals surface area contributed by atoms with Crippen LogP contribution in [0, 0.1) is 0 Å². The van der Waals surface area contributed by atoms with E-state index in [1.54, 1.807) is 6.20 Å². The van der Waals surface area contributed by atoms with E-state index in [1.807, 2.05) is 42.1 Å². The van der Waals surface area contributed by atoms with Gasteiger partial charge in [-0.25, -0.2) is 0 Å². The predicted molar refractivity (Wildman–Crippen MR) is 64.6 cm³/mol. The number of aliphatic hydroxyl groups excluding tert-OH is 1. The highest BCUT2D eigenvalue weighted by molar-refractivity contribution is 5.28. The Balaban J connectivity index is 1.96. The molecule has 1 aromatic carbocycles. The van der Waals surface area contributed by atoms with Crippen molar-refractivity contribution in [2.75, 3.05) is 0 Å². The van der Waals surface area contributed by atoms with Crippen LogP contribution in [0.5, 0.6) is 5.75 Å². The summed E-state index contributed by atoms with van der Waals surface area (Å²) in [4.78, 5) is 0. The van der Waals surface area contributed by atoms with Crippen LogP contribution in [-0.4, -0.2) is 14.9 Å². The fourth-order valence-corrected chi connectivity index (χ4v) is 1.55. The Morgan fingerprint density at radius 2 is 2.24 bits per heavy atom. The first-order chi connectivity index (χ1) is 8.31. The van der Waals surface area contributed by atoms with E-state index in [1.165, 1.54) is 0 Å². The minimum absolute atomic E-state index is 0.0327. The van der Waals surface area contributed by atoms with Crippen LogP contribution < -0.4 is 4.74 Å². The van der Waals surface area contributed by atoms with Crippen LogP contribution in [-0.2, 0) is 19.8 Å². The van der Waals surface area contributed by atoms with Crippen molar-refractivity contribution in [2.24, 2.45) is 0 Å². The van der Waals surface area contributed by atoms with Gasteiger partial charge in [0.1, 0.15) is 12.4 Å². The zero-order valence-corrected chi connectivity index (χ0v) is 9.84. The SMILES string of the molecule is CCn1cc(COc2cccc(CO)c2)cn1. The highest BCUT2D eigenvalue weighted by Crippen LogP contribution is 2.15. The van der Waals surface area contributed by atoms with E-state index in [-0.39, 0.29) is 6.61 Å². The third-order valence-corrected chi connectivity index (χ3v) is 2.50. The minimum Gasteiger partial charge on any atom is -0.489 e. The number of nitrogens with zero attached hydrogens (tertiary/aromatic N) is 2. The lowest BCUT2D eigenvalue weighted by Crippen LogP contribution is -1.96. The lowest BCUT2D eigenvalue weighted by Gasteiger charge is -2.05. The zero-order chi connectivity index (χ0) is 12.1. The summed E-state index contributed by atoms with van der Waals surface area (Å²) in [5, 5.41) is 13.2. The summed E-state index contributed by atoms with van der Waals surface area (Å²) >= 11 is 0. The average molecular weight is 232 g/mol. The molecular weight excluding hydrogens is 216 g/mol. The molecule has 0 aliphatic carbocycles. The highest BCUT2D eigenvalue weighted by atomic mass is 16.5. The summed E-state index contributed by atoms with van der Waals surface area (Å²) in [7, 11) is 0. The van der Waals surface area contributed by atoms with Crippen molar-refractivity contribution in [3.05, 3.63) is 47.8 Å². The molecular formula is C13H16N2O2. The molecule has 0 unspecified atom stereocenters. The normalized spacial score (nSPS) is 10.5. The molecule has 0 aliphatic rings. The number of aliphatic hydroxyl groups is 1. The second-order valence-corrected chi connectivity index (χ2v) is 3.80. The second kappa shape index (κ2) is 5.50. The van der Waals surface area contributed by atoms with Gasteiger partial charge in [0, 0.05) is 18.3 Å². The zero-order valence-electron chi connectivity index (χ0n) is 9.84. The van der Waals surface area contributed by atoms with Crippen LogP contribution in [0.25, 0.3) is 0 Å². The van der Waals surface area contributed by atoms with Crippen LogP contribution in [0.3, 0.4) is 0 Å². The van der Waals surface area contributed by atoms with Gasteiger partial charge in [-0.1, -0.05) is 12.1 Å². The smallest absolute Gasteiger partial charge is 0.120 e. The molecule has 2 aromatic rings. The second-order valence-electron chi connectivity index (χ2n) is 3.80. The van der Waals surface area contributed by atoms with Crippen LogP contribution >= 0.6 is 0 Å². The van der Waals surface area contributed by atoms with Crippen LogP contribution in [0.1, 0.15) is 18.1 Å². The molecule has 17 heavy (non-hydrogen) atoms. The standard InChI is InChI=1S/C13H16N2O2/c1-2-15-8-12(7-14-15)10-17-13-5-3-4-11(6-13)9-16/h3-8,16H,2,9-10H2,1H3. The summed E-state index contributed by atoms with van der Waals surface area (Å²) in [6.07, 6.45) is 3.77. The lowest BCUT2D eigenvalue weighted by molar-refractivity contribution is 0.278. The van der Waals surface area contributed by atoms with Gasteiger partial charge in [0.15, 0.2) is 0 Å². The highest BCUT2D eigenvalue weighted by Gasteiger charge is 2.00. The fraction of sp³-hybridized carbons (Fsp3) is 0.308. The topological polar surface area (TPSA) is 47.3 Å². The van der Waals surface area contributed by atoms with E-state index in [2.05, 4.69) is 5.10 Å². The van der Waals surface area contributed by atoms with E-state index in [0.29, 0.717) is 6.61 Å². The van der Waals surface area contributed by atoms with Crippen molar-refractivity contribution in [2.45, 2.75) is 26.7 Å². The number of rotatable bonds is 5. The molecule has 2 rings (SSSR count). The van der Waals surface area contributed by atoms with Gasteiger partial charge in [-0.15, -0.1) is 0 Å². The van der Waals surface area contributed by atoms with Gasteiger partial charge in [-0.3, -0.25) is 4.68 Å². The van der Waals surface area contributed by atoms with E-state index < -0.39 is 0 Å². The molecule has 0 saturated carbocycles. The van der Waals surface area contributed by atoms with E-state index >= 15 is 0 Å². The lowest BCUT2D eigenvalue weighted by atomic mass is 10.2. The van der Waals surface area contributed by atoms with Gasteiger partial charge in [0.2, 0.25) is 0 Å². The first kappa shape index (κ1) is 11.7. The van der Waals surface area contributed by atoms with E-state index in [9.17, 15) is 0 Å². The first-order valence-electron chi connectivity index (χ1n) is 5.65. The molecule has 0 aliphatic heterocycles. The Hall–Kier alpha value is -1.81. The van der Waals surface area contributed by atoms with Crippen LogP contribution in [0.2, 0.25) is 0 Å². The van der Waals surface area contributed by atoms with Gasteiger partial charge in [0.25, 0.3) is 0 Å². The van der Waals surface area contributed by atoms with Crippen molar-refractivity contribution in [1.82, 2.24) is 9.78 Å². The Kier molecular flexibility index (Phi) is 3.77. The number of aryl methyl sites for hydroxylation is 1. The van der Waals surface area contributed by atoms with Gasteiger partial charge in [-0.2, -0.15) is 5.10 Å². The molecule has 4 nitrogen and oxygen atoms in total. The number of aromatic nitrogens is 2. The Morgan fingerprint density at radius 1 is 1.35 bits per heavy atom. The summed E-state index contributed by atoms with van der Waals surface area (Å²) in [5.41, 5.74) is 1.90. The summed E-state index contributed by atoms with van der Waals surface area (Å²) in [6.45, 7) is 3.43. The van der Waals surface area contributed by atoms with Crippen molar-refractivity contribution in [1.29, 1.82) is 0 Å². The van der Waals surface area contributed by atoms with Gasteiger partial charge in [0.05, 0.1) is 12.8 Å². The van der Waals surface area contributed by atoms with Crippen LogP contribution in [0.4, 0.5) is 0 Å².